The van der Waals surface area contributed by atoms with E-state index in [1.807, 2.05) is 0 Å². The smallest absolute Gasteiger partial charge is 0.335 e. The molecule has 0 aromatic heterocycles. The predicted molar refractivity (Wildman–Crippen MR) is 51.5 cm³/mol. The normalized spacial score (nSPS) is 39.8. The number of esters is 1. The Kier molecular flexibility index (Phi) is 4.80. The van der Waals surface area contributed by atoms with Gasteiger partial charge in [0.25, 0.3) is 0 Å². The summed E-state index contributed by atoms with van der Waals surface area (Å²) in [6.07, 6.45) is -8.93. The third-order valence-corrected chi connectivity index (χ3v) is 2.43. The lowest BCUT2D eigenvalue weighted by atomic mass is 9.99. The molecule has 1 fully saturated rings. The molecule has 100 valence electrons. The molecule has 1 aliphatic heterocycles. The number of rotatable bonds is 3. The summed E-state index contributed by atoms with van der Waals surface area (Å²) in [5.74, 6) is -1.06. The fraction of sp³-hybridized carbons (Fsp3) is 0.889. The van der Waals surface area contributed by atoms with Crippen LogP contribution >= 0.6 is 0 Å². The topological polar surface area (TPSA) is 137 Å². The van der Waals surface area contributed by atoms with Crippen molar-refractivity contribution < 1.29 is 39.8 Å². The molecule has 8 nitrogen and oxygen atoms in total. The van der Waals surface area contributed by atoms with E-state index in [2.05, 4.69) is 9.47 Å². The highest BCUT2D eigenvalue weighted by Crippen LogP contribution is 2.22. The first kappa shape index (κ1) is 14.3. The third kappa shape index (κ3) is 3.12. The van der Waals surface area contributed by atoms with Crippen LogP contribution in [0, 0.1) is 0 Å². The van der Waals surface area contributed by atoms with E-state index in [1.54, 1.807) is 0 Å². The molecule has 0 amide bonds. The van der Waals surface area contributed by atoms with E-state index < -0.39 is 49.4 Å². The highest BCUT2D eigenvalue weighted by atomic mass is 16.7. The van der Waals surface area contributed by atoms with Gasteiger partial charge in [-0.2, -0.15) is 0 Å². The molecular weight excluding hydrogens is 236 g/mol. The minimum atomic E-state index is -1.69. The van der Waals surface area contributed by atoms with Crippen LogP contribution in [0.3, 0.4) is 0 Å². The van der Waals surface area contributed by atoms with E-state index in [0.29, 0.717) is 0 Å². The van der Waals surface area contributed by atoms with E-state index in [-0.39, 0.29) is 0 Å². The molecular formula is C9H16O8. The van der Waals surface area contributed by atoms with Crippen molar-refractivity contribution in [3.05, 3.63) is 0 Å². The Balaban J connectivity index is 2.75. The van der Waals surface area contributed by atoms with Crippen LogP contribution in [0.5, 0.6) is 0 Å². The first-order valence-corrected chi connectivity index (χ1v) is 5.07. The van der Waals surface area contributed by atoms with Crippen LogP contribution in [0.1, 0.15) is 6.92 Å². The van der Waals surface area contributed by atoms with Gasteiger partial charge in [-0.15, -0.1) is 0 Å². The summed E-state index contributed by atoms with van der Waals surface area (Å²) < 4.78 is 9.32. The maximum atomic E-state index is 11.1. The molecule has 0 bridgehead atoms. The van der Waals surface area contributed by atoms with Gasteiger partial charge in [-0.1, -0.05) is 0 Å². The zero-order valence-electron chi connectivity index (χ0n) is 9.13. The Bertz CT molecular complexity index is 268. The predicted octanol–water partition coefficient (Wildman–Crippen LogP) is -3.29. The lowest BCUT2D eigenvalue weighted by molar-refractivity contribution is -0.290. The second-order valence-corrected chi connectivity index (χ2v) is 3.81. The molecule has 1 heterocycles. The fourth-order valence-electron chi connectivity index (χ4n) is 1.44. The molecule has 0 radical (unpaired) electrons. The van der Waals surface area contributed by atoms with Gasteiger partial charge in [-0.05, 0) is 6.92 Å². The van der Waals surface area contributed by atoms with Crippen LogP contribution < -0.4 is 0 Å². The number of carbonyl (C=O) groups is 1. The Morgan fingerprint density at radius 3 is 2.41 bits per heavy atom. The van der Waals surface area contributed by atoms with E-state index in [0.717, 1.165) is 6.92 Å². The van der Waals surface area contributed by atoms with Gasteiger partial charge >= 0.3 is 5.97 Å². The molecule has 8 heteroatoms. The van der Waals surface area contributed by atoms with E-state index in [9.17, 15) is 20.1 Å². The lowest BCUT2D eigenvalue weighted by Gasteiger charge is -2.39. The molecule has 5 N–H and O–H groups in total. The van der Waals surface area contributed by atoms with Crippen LogP contribution in [0.4, 0.5) is 0 Å². The molecule has 0 aromatic carbocycles. The molecule has 1 rings (SSSR count). The molecule has 0 spiro atoms. The first-order valence-electron chi connectivity index (χ1n) is 5.07. The van der Waals surface area contributed by atoms with Crippen molar-refractivity contribution in [2.75, 3.05) is 6.61 Å². The molecule has 1 aliphatic rings. The van der Waals surface area contributed by atoms with Crippen LogP contribution in [-0.4, -0.2) is 74.9 Å². The number of hydrogen-bond acceptors (Lipinski definition) is 8. The second-order valence-electron chi connectivity index (χ2n) is 3.81. The Morgan fingerprint density at radius 1 is 1.35 bits per heavy atom. The summed E-state index contributed by atoms with van der Waals surface area (Å²) in [4.78, 5) is 11.1. The average molecular weight is 252 g/mol. The zero-order chi connectivity index (χ0) is 13.2. The summed E-state index contributed by atoms with van der Waals surface area (Å²) in [5.41, 5.74) is 0. The second kappa shape index (κ2) is 5.71. The van der Waals surface area contributed by atoms with E-state index >= 15 is 0 Å². The van der Waals surface area contributed by atoms with Gasteiger partial charge in [-0.3, -0.25) is 0 Å². The number of aliphatic hydroxyl groups is 5. The zero-order valence-corrected chi connectivity index (χ0v) is 9.13. The molecule has 17 heavy (non-hydrogen) atoms. The quantitative estimate of drug-likeness (QED) is 0.330. The highest BCUT2D eigenvalue weighted by Gasteiger charge is 2.46. The van der Waals surface area contributed by atoms with Gasteiger partial charge in [0.1, 0.15) is 24.4 Å². The van der Waals surface area contributed by atoms with Crippen LogP contribution in [0.2, 0.25) is 0 Å². The summed E-state index contributed by atoms with van der Waals surface area (Å²) >= 11 is 0. The SMILES string of the molecule is C[C@@H](O)C(=O)O[C@@H]1[C@@H](O)[C@@H](O)O[C@H](CO)[C@@H]1O. The average Bonchev–Trinajstić information content (AvgIpc) is 2.28. The highest BCUT2D eigenvalue weighted by molar-refractivity contribution is 5.74. The number of carbonyl (C=O) groups excluding carboxylic acids is 1. The maximum Gasteiger partial charge on any atom is 0.335 e. The summed E-state index contributed by atoms with van der Waals surface area (Å²) in [6, 6.07) is 0. The third-order valence-electron chi connectivity index (χ3n) is 2.43. The van der Waals surface area contributed by atoms with Crippen molar-refractivity contribution in [3.8, 4) is 0 Å². The van der Waals surface area contributed by atoms with Crippen molar-refractivity contribution >= 4 is 5.97 Å². The van der Waals surface area contributed by atoms with Crippen LogP contribution in [0.25, 0.3) is 0 Å². The molecule has 0 aliphatic carbocycles. The molecule has 6 atom stereocenters. The standard InChI is InChI=1S/C9H16O8/c1-3(11)8(14)17-7-5(12)4(2-10)16-9(15)6(7)13/h3-7,9-13,15H,2H2,1H3/t3-,4-,5+,6-,7+,9+/m1/s1. The molecule has 1 saturated heterocycles. The van der Waals surface area contributed by atoms with Crippen LogP contribution in [-0.2, 0) is 14.3 Å². The van der Waals surface area contributed by atoms with Gasteiger partial charge in [0, 0.05) is 0 Å². The molecule has 0 unspecified atom stereocenters. The minimum absolute atomic E-state index is 0.617. The van der Waals surface area contributed by atoms with Gasteiger partial charge in [0.2, 0.25) is 0 Å². The van der Waals surface area contributed by atoms with Crippen LogP contribution in [0.15, 0.2) is 0 Å². The Hall–Kier alpha value is -0.770. The van der Waals surface area contributed by atoms with Crippen molar-refractivity contribution in [3.63, 3.8) is 0 Å². The summed E-state index contributed by atoms with van der Waals surface area (Å²) in [5, 5.41) is 46.2. The van der Waals surface area contributed by atoms with Crippen molar-refractivity contribution in [2.45, 2.75) is 43.7 Å². The number of aliphatic hydroxyl groups excluding tert-OH is 5. The van der Waals surface area contributed by atoms with Gasteiger partial charge < -0.3 is 35.0 Å². The Morgan fingerprint density at radius 2 is 1.94 bits per heavy atom. The molecule has 0 saturated carbocycles. The Labute approximate surface area is 97.0 Å². The summed E-state index contributed by atoms with van der Waals surface area (Å²) in [7, 11) is 0. The van der Waals surface area contributed by atoms with Crippen molar-refractivity contribution in [1.29, 1.82) is 0 Å². The van der Waals surface area contributed by atoms with E-state index in [1.165, 1.54) is 0 Å². The maximum absolute atomic E-state index is 11.1. The number of ether oxygens (including phenoxy) is 2. The fourth-order valence-corrected chi connectivity index (χ4v) is 1.44. The van der Waals surface area contributed by atoms with E-state index in [4.69, 9.17) is 10.2 Å². The largest absolute Gasteiger partial charge is 0.455 e. The van der Waals surface area contributed by atoms with Gasteiger partial charge in [-0.25, -0.2) is 4.79 Å². The molecule has 0 aromatic rings. The van der Waals surface area contributed by atoms with Gasteiger partial charge in [0.05, 0.1) is 6.61 Å². The van der Waals surface area contributed by atoms with Gasteiger partial charge in [0.15, 0.2) is 12.4 Å². The minimum Gasteiger partial charge on any atom is -0.455 e. The van der Waals surface area contributed by atoms with Crippen molar-refractivity contribution in [2.24, 2.45) is 0 Å². The summed E-state index contributed by atoms with van der Waals surface area (Å²) in [6.45, 7) is 0.536. The monoisotopic (exact) mass is 252 g/mol. The number of hydrogen-bond donors (Lipinski definition) is 5. The lowest BCUT2D eigenvalue weighted by Crippen LogP contribution is -2.60. The first-order chi connectivity index (χ1) is 7.88. The van der Waals surface area contributed by atoms with Crippen molar-refractivity contribution in [1.82, 2.24) is 0 Å².